The van der Waals surface area contributed by atoms with E-state index in [-0.39, 0.29) is 12.5 Å². The van der Waals surface area contributed by atoms with Crippen molar-refractivity contribution >= 4 is 23.0 Å². The number of ether oxygens (including phenoxy) is 1. The zero-order valence-electron chi connectivity index (χ0n) is 13.1. The van der Waals surface area contributed by atoms with Crippen molar-refractivity contribution in [3.05, 3.63) is 84.9 Å². The molecule has 2 N–H and O–H groups in total. The third-order valence-electron chi connectivity index (χ3n) is 3.37. The smallest absolute Gasteiger partial charge is 0.262 e. The minimum Gasteiger partial charge on any atom is -0.484 e. The van der Waals surface area contributed by atoms with Crippen molar-refractivity contribution in [2.45, 2.75) is 0 Å². The Morgan fingerprint density at radius 2 is 1.33 bits per heavy atom. The van der Waals surface area contributed by atoms with Crippen molar-refractivity contribution in [2.24, 2.45) is 0 Å². The molecular formula is C20H18N2O2. The number of amides is 1. The molecule has 24 heavy (non-hydrogen) atoms. The summed E-state index contributed by atoms with van der Waals surface area (Å²) in [4.78, 5) is 12.1. The number of anilines is 3. The Labute approximate surface area is 141 Å². The molecule has 4 heteroatoms. The second-order valence-corrected chi connectivity index (χ2v) is 5.19. The Hall–Kier alpha value is -3.27. The molecule has 0 bridgehead atoms. The third-order valence-corrected chi connectivity index (χ3v) is 3.37. The molecule has 0 aliphatic carbocycles. The number of hydrogen-bond acceptors (Lipinski definition) is 3. The van der Waals surface area contributed by atoms with Gasteiger partial charge in [-0.05, 0) is 36.4 Å². The second-order valence-electron chi connectivity index (χ2n) is 5.19. The van der Waals surface area contributed by atoms with Crippen LogP contribution in [0.4, 0.5) is 17.1 Å². The Kier molecular flexibility index (Phi) is 5.10. The van der Waals surface area contributed by atoms with Crippen LogP contribution in [0.15, 0.2) is 84.9 Å². The first-order valence-corrected chi connectivity index (χ1v) is 7.70. The maximum absolute atomic E-state index is 12.1. The number of rotatable bonds is 6. The molecule has 0 aliphatic rings. The summed E-state index contributed by atoms with van der Waals surface area (Å²) in [7, 11) is 0. The lowest BCUT2D eigenvalue weighted by molar-refractivity contribution is -0.118. The number of hydrogen-bond donors (Lipinski definition) is 2. The van der Waals surface area contributed by atoms with Crippen molar-refractivity contribution in [3.8, 4) is 5.75 Å². The van der Waals surface area contributed by atoms with Gasteiger partial charge in [-0.2, -0.15) is 0 Å². The summed E-state index contributed by atoms with van der Waals surface area (Å²) in [6.45, 7) is -0.0380. The SMILES string of the molecule is O=C(COc1ccccc1)Nc1ccccc1Nc1ccccc1. The molecule has 3 aromatic rings. The molecule has 0 radical (unpaired) electrons. The van der Waals surface area contributed by atoms with E-state index in [9.17, 15) is 4.79 Å². The summed E-state index contributed by atoms with van der Waals surface area (Å²) in [6, 6.07) is 26.6. The highest BCUT2D eigenvalue weighted by Gasteiger charge is 2.07. The van der Waals surface area contributed by atoms with Crippen LogP contribution < -0.4 is 15.4 Å². The predicted octanol–water partition coefficient (Wildman–Crippen LogP) is 4.45. The highest BCUT2D eigenvalue weighted by atomic mass is 16.5. The van der Waals surface area contributed by atoms with Crippen LogP contribution in [0, 0.1) is 0 Å². The summed E-state index contributed by atoms with van der Waals surface area (Å²) in [5.74, 6) is 0.463. The maximum Gasteiger partial charge on any atom is 0.262 e. The van der Waals surface area contributed by atoms with E-state index in [1.807, 2.05) is 84.9 Å². The zero-order valence-corrected chi connectivity index (χ0v) is 13.1. The van der Waals surface area contributed by atoms with Crippen LogP contribution in [-0.4, -0.2) is 12.5 Å². The molecular weight excluding hydrogens is 300 g/mol. The van der Waals surface area contributed by atoms with Crippen molar-refractivity contribution in [1.82, 2.24) is 0 Å². The van der Waals surface area contributed by atoms with E-state index in [1.165, 1.54) is 0 Å². The molecule has 3 aromatic carbocycles. The van der Waals surface area contributed by atoms with Crippen LogP contribution in [0.25, 0.3) is 0 Å². The largest absolute Gasteiger partial charge is 0.484 e. The van der Waals surface area contributed by atoms with E-state index in [0.29, 0.717) is 11.4 Å². The van der Waals surface area contributed by atoms with Gasteiger partial charge in [0.15, 0.2) is 6.61 Å². The molecule has 4 nitrogen and oxygen atoms in total. The van der Waals surface area contributed by atoms with Crippen molar-refractivity contribution < 1.29 is 9.53 Å². The quantitative estimate of drug-likeness (QED) is 0.706. The maximum atomic E-state index is 12.1. The standard InChI is InChI=1S/C20H18N2O2/c23-20(15-24-17-11-5-2-6-12-17)22-19-14-8-7-13-18(19)21-16-9-3-1-4-10-16/h1-14,21H,15H2,(H,22,23). The molecule has 0 aromatic heterocycles. The fraction of sp³-hybridized carbons (Fsp3) is 0.0500. The van der Waals surface area contributed by atoms with Crippen LogP contribution in [-0.2, 0) is 4.79 Å². The van der Waals surface area contributed by atoms with Gasteiger partial charge in [-0.15, -0.1) is 0 Å². The average Bonchev–Trinajstić information content (AvgIpc) is 2.63. The minimum absolute atomic E-state index is 0.0380. The van der Waals surface area contributed by atoms with E-state index in [0.717, 1.165) is 11.4 Å². The van der Waals surface area contributed by atoms with Gasteiger partial charge in [-0.3, -0.25) is 4.79 Å². The van der Waals surface area contributed by atoms with E-state index in [1.54, 1.807) is 0 Å². The molecule has 0 atom stereocenters. The molecule has 1 amide bonds. The molecule has 0 fully saturated rings. The highest BCUT2D eigenvalue weighted by molar-refractivity contribution is 5.95. The van der Waals surface area contributed by atoms with E-state index in [2.05, 4.69) is 10.6 Å². The van der Waals surface area contributed by atoms with Gasteiger partial charge >= 0.3 is 0 Å². The van der Waals surface area contributed by atoms with Crippen LogP contribution in [0.1, 0.15) is 0 Å². The fourth-order valence-electron chi connectivity index (χ4n) is 2.23. The number of para-hydroxylation sites is 4. The van der Waals surface area contributed by atoms with Gasteiger partial charge in [0, 0.05) is 5.69 Å². The number of nitrogens with one attached hydrogen (secondary N) is 2. The van der Waals surface area contributed by atoms with Crippen LogP contribution in [0.5, 0.6) is 5.75 Å². The van der Waals surface area contributed by atoms with Crippen molar-refractivity contribution in [2.75, 3.05) is 17.2 Å². The summed E-state index contributed by atoms with van der Waals surface area (Å²) in [6.07, 6.45) is 0. The predicted molar refractivity (Wildman–Crippen MR) is 96.7 cm³/mol. The number of benzene rings is 3. The Morgan fingerprint density at radius 3 is 2.04 bits per heavy atom. The lowest BCUT2D eigenvalue weighted by atomic mass is 10.2. The van der Waals surface area contributed by atoms with Crippen molar-refractivity contribution in [3.63, 3.8) is 0 Å². The zero-order chi connectivity index (χ0) is 16.6. The van der Waals surface area contributed by atoms with E-state index in [4.69, 9.17) is 4.74 Å². The average molecular weight is 318 g/mol. The molecule has 0 heterocycles. The third kappa shape index (κ3) is 4.36. The number of carbonyl (C=O) groups excluding carboxylic acids is 1. The monoisotopic (exact) mass is 318 g/mol. The second kappa shape index (κ2) is 7.83. The first kappa shape index (κ1) is 15.6. The van der Waals surface area contributed by atoms with Gasteiger partial charge in [0.25, 0.3) is 5.91 Å². The van der Waals surface area contributed by atoms with E-state index >= 15 is 0 Å². The molecule has 3 rings (SSSR count). The Balaban J connectivity index is 1.63. The number of carbonyl (C=O) groups is 1. The lowest BCUT2D eigenvalue weighted by Gasteiger charge is -2.13. The Bertz CT molecular complexity index is 789. The summed E-state index contributed by atoms with van der Waals surface area (Å²) in [5.41, 5.74) is 2.50. The highest BCUT2D eigenvalue weighted by Crippen LogP contribution is 2.25. The first-order valence-electron chi connectivity index (χ1n) is 7.70. The molecule has 0 saturated carbocycles. The van der Waals surface area contributed by atoms with E-state index < -0.39 is 0 Å². The Morgan fingerprint density at radius 1 is 0.750 bits per heavy atom. The van der Waals surface area contributed by atoms with Crippen LogP contribution >= 0.6 is 0 Å². The summed E-state index contributed by atoms with van der Waals surface area (Å²) in [5, 5.41) is 6.17. The molecule has 0 aliphatic heterocycles. The summed E-state index contributed by atoms with van der Waals surface area (Å²) >= 11 is 0. The topological polar surface area (TPSA) is 50.4 Å². The van der Waals surface area contributed by atoms with Gasteiger partial charge in [0.1, 0.15) is 5.75 Å². The van der Waals surface area contributed by atoms with Crippen LogP contribution in [0.3, 0.4) is 0 Å². The van der Waals surface area contributed by atoms with Gasteiger partial charge in [0.2, 0.25) is 0 Å². The minimum atomic E-state index is -0.207. The van der Waals surface area contributed by atoms with Crippen molar-refractivity contribution in [1.29, 1.82) is 0 Å². The molecule has 0 spiro atoms. The first-order chi connectivity index (χ1) is 11.8. The molecule has 0 saturated heterocycles. The summed E-state index contributed by atoms with van der Waals surface area (Å²) < 4.78 is 5.47. The normalized spacial score (nSPS) is 10.0. The molecule has 0 unspecified atom stereocenters. The van der Waals surface area contributed by atoms with Gasteiger partial charge in [0.05, 0.1) is 11.4 Å². The van der Waals surface area contributed by atoms with Crippen LogP contribution in [0.2, 0.25) is 0 Å². The lowest BCUT2D eigenvalue weighted by Crippen LogP contribution is -2.20. The molecule has 120 valence electrons. The van der Waals surface area contributed by atoms with Gasteiger partial charge < -0.3 is 15.4 Å². The van der Waals surface area contributed by atoms with Gasteiger partial charge in [-0.1, -0.05) is 48.5 Å². The van der Waals surface area contributed by atoms with Gasteiger partial charge in [-0.25, -0.2) is 0 Å². The fourth-order valence-corrected chi connectivity index (χ4v) is 2.23.